The van der Waals surface area contributed by atoms with E-state index in [1.54, 1.807) is 0 Å². The van der Waals surface area contributed by atoms with Gasteiger partial charge in [0.2, 0.25) is 5.89 Å². The summed E-state index contributed by atoms with van der Waals surface area (Å²) in [6, 6.07) is 13.1. The van der Waals surface area contributed by atoms with Crippen LogP contribution < -0.4 is 5.76 Å². The first kappa shape index (κ1) is 15.2. The largest absolute Gasteiger partial charge is 0.437 e. The van der Waals surface area contributed by atoms with Crippen LogP contribution in [-0.4, -0.2) is 19.7 Å². The molecule has 0 aliphatic rings. The Bertz CT molecular complexity index is 1120. The van der Waals surface area contributed by atoms with Gasteiger partial charge in [0.15, 0.2) is 0 Å². The predicted octanol–water partition coefficient (Wildman–Crippen LogP) is 2.94. The normalized spacial score (nSPS) is 11.1. The molecule has 7 heteroatoms. The maximum Gasteiger partial charge on any atom is 0.437 e. The van der Waals surface area contributed by atoms with E-state index in [9.17, 15) is 9.18 Å². The van der Waals surface area contributed by atoms with Crippen molar-refractivity contribution < 1.29 is 8.81 Å². The summed E-state index contributed by atoms with van der Waals surface area (Å²) in [6.45, 7) is 1.98. The number of hydrogen-bond acceptors (Lipinski definition) is 5. The molecular formula is C18H13FN4O2. The summed E-state index contributed by atoms with van der Waals surface area (Å²) in [5.74, 6) is -0.835. The van der Waals surface area contributed by atoms with Gasteiger partial charge in [-0.05, 0) is 43.3 Å². The van der Waals surface area contributed by atoms with Crippen LogP contribution in [-0.2, 0) is 6.54 Å². The molecular weight excluding hydrogens is 323 g/mol. The molecule has 4 rings (SSSR count). The van der Waals surface area contributed by atoms with Crippen LogP contribution in [0.4, 0.5) is 4.39 Å². The lowest BCUT2D eigenvalue weighted by Crippen LogP contribution is -2.18. The van der Waals surface area contributed by atoms with Crippen LogP contribution in [0, 0.1) is 12.7 Å². The maximum absolute atomic E-state index is 13.0. The number of aromatic nitrogens is 4. The Balaban J connectivity index is 1.70. The first-order valence-corrected chi connectivity index (χ1v) is 7.66. The molecule has 0 unspecified atom stereocenters. The van der Waals surface area contributed by atoms with E-state index in [0.29, 0.717) is 11.3 Å². The molecule has 124 valence electrons. The van der Waals surface area contributed by atoms with E-state index in [0.717, 1.165) is 16.7 Å². The van der Waals surface area contributed by atoms with E-state index in [1.807, 2.05) is 31.2 Å². The van der Waals surface area contributed by atoms with Crippen LogP contribution >= 0.6 is 0 Å². The topological polar surface area (TPSA) is 73.8 Å². The Morgan fingerprint density at radius 2 is 1.72 bits per heavy atom. The van der Waals surface area contributed by atoms with Crippen molar-refractivity contribution >= 4 is 11.0 Å². The van der Waals surface area contributed by atoms with Crippen molar-refractivity contribution in [2.45, 2.75) is 13.5 Å². The van der Waals surface area contributed by atoms with Gasteiger partial charge in [-0.1, -0.05) is 12.1 Å². The predicted molar refractivity (Wildman–Crippen MR) is 89.5 cm³/mol. The lowest BCUT2D eigenvalue weighted by Gasteiger charge is -2.05. The van der Waals surface area contributed by atoms with E-state index in [4.69, 9.17) is 4.42 Å². The summed E-state index contributed by atoms with van der Waals surface area (Å²) in [5, 5.41) is 4.17. The van der Waals surface area contributed by atoms with Gasteiger partial charge in [0, 0.05) is 5.56 Å². The van der Waals surface area contributed by atoms with Crippen LogP contribution in [0.3, 0.4) is 0 Å². The van der Waals surface area contributed by atoms with E-state index in [1.165, 1.54) is 28.9 Å². The molecule has 0 fully saturated rings. The molecule has 0 aliphatic heterocycles. The highest BCUT2D eigenvalue weighted by molar-refractivity contribution is 5.74. The lowest BCUT2D eigenvalue weighted by atomic mass is 10.2. The molecule has 0 spiro atoms. The van der Waals surface area contributed by atoms with Gasteiger partial charge in [-0.2, -0.15) is 4.68 Å². The smallest absolute Gasteiger partial charge is 0.388 e. The van der Waals surface area contributed by atoms with Crippen LogP contribution in [0.1, 0.15) is 11.4 Å². The second-order valence-electron chi connectivity index (χ2n) is 5.58. The standard InChI is InChI=1S/C18H13FN4O2/c1-11-16(21-15-5-3-2-4-14(15)20-11)10-23-18(24)25-17(22-23)12-6-8-13(19)9-7-12/h2-9H,10H2,1H3. The van der Waals surface area contributed by atoms with E-state index in [2.05, 4.69) is 15.1 Å². The summed E-state index contributed by atoms with van der Waals surface area (Å²) in [6.07, 6.45) is 0. The summed E-state index contributed by atoms with van der Waals surface area (Å²) in [4.78, 5) is 21.1. The molecule has 0 amide bonds. The third-order valence-corrected chi connectivity index (χ3v) is 3.84. The van der Waals surface area contributed by atoms with Crippen molar-refractivity contribution in [3.63, 3.8) is 0 Å². The van der Waals surface area contributed by atoms with Gasteiger partial charge in [0.1, 0.15) is 5.82 Å². The molecule has 0 radical (unpaired) electrons. The number of nitrogens with zero attached hydrogens (tertiary/aromatic N) is 4. The molecule has 2 aromatic carbocycles. The molecule has 0 aliphatic carbocycles. The van der Waals surface area contributed by atoms with Gasteiger partial charge in [-0.25, -0.2) is 19.2 Å². The first-order chi connectivity index (χ1) is 12.1. The van der Waals surface area contributed by atoms with E-state index in [-0.39, 0.29) is 18.3 Å². The fraction of sp³-hybridized carbons (Fsp3) is 0.111. The summed E-state index contributed by atoms with van der Waals surface area (Å²) in [5.41, 5.74) is 3.43. The van der Waals surface area contributed by atoms with Crippen molar-refractivity contribution in [2.75, 3.05) is 0 Å². The molecule has 4 aromatic rings. The van der Waals surface area contributed by atoms with Gasteiger partial charge in [-0.3, -0.25) is 0 Å². The lowest BCUT2D eigenvalue weighted by molar-refractivity contribution is 0.493. The fourth-order valence-corrected chi connectivity index (χ4v) is 2.53. The van der Waals surface area contributed by atoms with Gasteiger partial charge in [-0.15, -0.1) is 5.10 Å². The van der Waals surface area contributed by atoms with Gasteiger partial charge < -0.3 is 4.42 Å². The molecule has 2 aromatic heterocycles. The highest BCUT2D eigenvalue weighted by Crippen LogP contribution is 2.17. The van der Waals surface area contributed by atoms with Crippen molar-refractivity contribution in [1.82, 2.24) is 19.7 Å². The van der Waals surface area contributed by atoms with Gasteiger partial charge in [0.25, 0.3) is 0 Å². The number of rotatable bonds is 3. The third kappa shape index (κ3) is 2.91. The molecule has 2 heterocycles. The molecule has 0 bridgehead atoms. The number of fused-ring (bicyclic) bond motifs is 1. The zero-order valence-electron chi connectivity index (χ0n) is 13.3. The van der Waals surface area contributed by atoms with Crippen LogP contribution in [0.25, 0.3) is 22.5 Å². The minimum Gasteiger partial charge on any atom is -0.388 e. The van der Waals surface area contributed by atoms with Crippen molar-refractivity contribution in [3.05, 3.63) is 76.3 Å². The Kier molecular flexibility index (Phi) is 3.61. The summed E-state index contributed by atoms with van der Waals surface area (Å²) in [7, 11) is 0. The second kappa shape index (κ2) is 5.94. The highest BCUT2D eigenvalue weighted by atomic mass is 19.1. The number of hydrogen-bond donors (Lipinski definition) is 0. The molecule has 6 nitrogen and oxygen atoms in total. The van der Waals surface area contributed by atoms with Crippen molar-refractivity contribution in [3.8, 4) is 11.5 Å². The fourth-order valence-electron chi connectivity index (χ4n) is 2.53. The van der Waals surface area contributed by atoms with E-state index < -0.39 is 5.76 Å². The number of para-hydroxylation sites is 2. The van der Waals surface area contributed by atoms with E-state index >= 15 is 0 Å². The Labute approximate surface area is 141 Å². The zero-order valence-corrected chi connectivity index (χ0v) is 13.3. The average molecular weight is 336 g/mol. The Morgan fingerprint density at radius 1 is 1.04 bits per heavy atom. The molecule has 0 saturated heterocycles. The molecule has 25 heavy (non-hydrogen) atoms. The number of benzene rings is 2. The summed E-state index contributed by atoms with van der Waals surface area (Å²) >= 11 is 0. The zero-order chi connectivity index (χ0) is 17.4. The first-order valence-electron chi connectivity index (χ1n) is 7.66. The minimum atomic E-state index is -0.603. The van der Waals surface area contributed by atoms with Gasteiger partial charge in [0.05, 0.1) is 29.0 Å². The Morgan fingerprint density at radius 3 is 2.44 bits per heavy atom. The number of halogens is 1. The molecule has 0 N–H and O–H groups in total. The monoisotopic (exact) mass is 336 g/mol. The minimum absolute atomic E-state index is 0.136. The maximum atomic E-state index is 13.0. The Hall–Kier alpha value is -3.35. The SMILES string of the molecule is Cc1nc2ccccc2nc1Cn1nc(-c2ccc(F)cc2)oc1=O. The second-order valence-corrected chi connectivity index (χ2v) is 5.58. The summed E-state index contributed by atoms with van der Waals surface area (Å²) < 4.78 is 19.4. The van der Waals surface area contributed by atoms with Crippen LogP contribution in [0.2, 0.25) is 0 Å². The van der Waals surface area contributed by atoms with Crippen molar-refractivity contribution in [1.29, 1.82) is 0 Å². The number of aryl methyl sites for hydroxylation is 1. The van der Waals surface area contributed by atoms with Crippen LogP contribution in [0.5, 0.6) is 0 Å². The molecule has 0 saturated carbocycles. The van der Waals surface area contributed by atoms with Crippen LogP contribution in [0.15, 0.2) is 57.7 Å². The van der Waals surface area contributed by atoms with Gasteiger partial charge >= 0.3 is 5.76 Å². The third-order valence-electron chi connectivity index (χ3n) is 3.84. The average Bonchev–Trinajstić information content (AvgIpc) is 2.97. The quantitative estimate of drug-likeness (QED) is 0.575. The highest BCUT2D eigenvalue weighted by Gasteiger charge is 2.13. The molecule has 0 atom stereocenters. The van der Waals surface area contributed by atoms with Crippen molar-refractivity contribution in [2.24, 2.45) is 0 Å².